The number of hydrogen-bond donors (Lipinski definition) is 0. The molecule has 0 radical (unpaired) electrons. The third-order valence-corrected chi connectivity index (χ3v) is 10.4. The number of hydrogen-bond acceptors (Lipinski definition) is 8. The molecule has 0 aromatic heterocycles. The third-order valence-electron chi connectivity index (χ3n) is 9.44. The zero-order chi connectivity index (χ0) is 40.0. The van der Waals surface area contributed by atoms with Gasteiger partial charge < -0.3 is 27.9 Å². The highest BCUT2D eigenvalue weighted by Gasteiger charge is 2.21. The van der Waals surface area contributed by atoms with E-state index < -0.39 is 32.5 Å². The second kappa shape index (κ2) is 37.1. The van der Waals surface area contributed by atoms with Crippen molar-refractivity contribution in [1.82, 2.24) is 0 Å². The van der Waals surface area contributed by atoms with Gasteiger partial charge in [0.25, 0.3) is 7.82 Å². The molecule has 0 heterocycles. The monoisotopic (exact) mass is 786 g/mol. The number of rotatable bonds is 40. The molecule has 0 aliphatic carbocycles. The number of carbonyl (C=O) groups excluding carboxylic acids is 2. The van der Waals surface area contributed by atoms with E-state index in [0.717, 1.165) is 64.2 Å². The lowest BCUT2D eigenvalue weighted by Gasteiger charge is -2.28. The molecule has 0 saturated heterocycles. The number of ether oxygens (including phenoxy) is 2. The van der Waals surface area contributed by atoms with Gasteiger partial charge in [0, 0.05) is 12.8 Å². The molecule has 0 aliphatic heterocycles. The number of esters is 2. The van der Waals surface area contributed by atoms with Gasteiger partial charge in [-0.05, 0) is 57.8 Å². The van der Waals surface area contributed by atoms with Crippen LogP contribution in [0.3, 0.4) is 0 Å². The van der Waals surface area contributed by atoms with E-state index in [0.29, 0.717) is 17.4 Å². The lowest BCUT2D eigenvalue weighted by atomic mass is 10.1. The molecule has 10 heteroatoms. The molecule has 0 aromatic rings. The first-order chi connectivity index (χ1) is 26.0. The van der Waals surface area contributed by atoms with Crippen molar-refractivity contribution < 1.29 is 42.1 Å². The van der Waals surface area contributed by atoms with E-state index in [4.69, 9.17) is 18.5 Å². The standard InChI is InChI=1S/C44H84NO8P/c1-6-8-10-12-14-16-18-19-20-21-22-23-24-25-27-29-31-33-35-37-44(47)53-42(41-52-54(48,49)51-39-38-45(3,4)5)40-50-43(46)36-34-32-30-28-26-17-15-13-11-9-7-2/h13,15,19-20,42H,6-12,14,16-18,21-41H2,1-5H3/b15-13-,20-19-/t42-/m1/s1. The molecule has 0 bridgehead atoms. The summed E-state index contributed by atoms with van der Waals surface area (Å²) in [6.07, 6.45) is 39.2. The van der Waals surface area contributed by atoms with Gasteiger partial charge in [0.15, 0.2) is 6.10 Å². The van der Waals surface area contributed by atoms with E-state index >= 15 is 0 Å². The number of phosphoric acid groups is 1. The van der Waals surface area contributed by atoms with Gasteiger partial charge in [-0.25, -0.2) is 0 Å². The molecule has 0 amide bonds. The Hall–Kier alpha value is -1.51. The van der Waals surface area contributed by atoms with E-state index in [1.165, 1.54) is 96.3 Å². The van der Waals surface area contributed by atoms with Crippen LogP contribution in [0.15, 0.2) is 24.3 Å². The normalized spacial score (nSPS) is 13.8. The Morgan fingerprint density at radius 1 is 0.556 bits per heavy atom. The highest BCUT2D eigenvalue weighted by molar-refractivity contribution is 7.45. The Morgan fingerprint density at radius 2 is 0.963 bits per heavy atom. The molecule has 0 N–H and O–H groups in total. The number of nitrogens with zero attached hydrogens (tertiary/aromatic N) is 1. The fraction of sp³-hybridized carbons (Fsp3) is 0.864. The highest BCUT2D eigenvalue weighted by atomic mass is 31.2. The van der Waals surface area contributed by atoms with E-state index in [1.54, 1.807) is 0 Å². The number of phosphoric ester groups is 1. The second-order valence-electron chi connectivity index (χ2n) is 16.1. The first-order valence-corrected chi connectivity index (χ1v) is 23.5. The largest absolute Gasteiger partial charge is 0.756 e. The van der Waals surface area contributed by atoms with Crippen LogP contribution < -0.4 is 4.89 Å². The number of allylic oxidation sites excluding steroid dienone is 4. The first kappa shape index (κ1) is 52.5. The summed E-state index contributed by atoms with van der Waals surface area (Å²) in [6.45, 7) is 4.18. The van der Waals surface area contributed by atoms with Crippen LogP contribution in [0.25, 0.3) is 0 Å². The summed E-state index contributed by atoms with van der Waals surface area (Å²) in [5.41, 5.74) is 0. The maximum Gasteiger partial charge on any atom is 0.306 e. The summed E-state index contributed by atoms with van der Waals surface area (Å²) in [7, 11) is 1.16. The van der Waals surface area contributed by atoms with Crippen molar-refractivity contribution in [3.63, 3.8) is 0 Å². The van der Waals surface area contributed by atoms with Crippen molar-refractivity contribution in [2.24, 2.45) is 0 Å². The Labute approximate surface area is 332 Å². The minimum Gasteiger partial charge on any atom is -0.756 e. The van der Waals surface area contributed by atoms with Crippen molar-refractivity contribution in [1.29, 1.82) is 0 Å². The molecule has 0 aromatic carbocycles. The minimum atomic E-state index is -4.62. The maximum atomic E-state index is 12.7. The average Bonchev–Trinajstić information content (AvgIpc) is 3.12. The summed E-state index contributed by atoms with van der Waals surface area (Å²) in [5, 5.41) is 0. The first-order valence-electron chi connectivity index (χ1n) is 22.0. The zero-order valence-electron chi connectivity index (χ0n) is 35.7. The summed E-state index contributed by atoms with van der Waals surface area (Å²) in [5.74, 6) is -0.845. The van der Waals surface area contributed by atoms with Crippen molar-refractivity contribution >= 4 is 19.8 Å². The van der Waals surface area contributed by atoms with Crippen LogP contribution in [0.5, 0.6) is 0 Å². The SMILES string of the molecule is CCCC/C=C\CCCCCCCC(=O)OC[C@H](COP(=O)([O-])OCC[N+](C)(C)C)OC(=O)CCCCCCCCCCC/C=C\CCCCCCCC. The van der Waals surface area contributed by atoms with Gasteiger partial charge >= 0.3 is 11.9 Å². The molecule has 54 heavy (non-hydrogen) atoms. The van der Waals surface area contributed by atoms with Crippen LogP contribution in [-0.2, 0) is 32.7 Å². The lowest BCUT2D eigenvalue weighted by Crippen LogP contribution is -2.37. The Morgan fingerprint density at radius 3 is 1.43 bits per heavy atom. The maximum absolute atomic E-state index is 12.7. The van der Waals surface area contributed by atoms with Crippen LogP contribution in [0.1, 0.15) is 194 Å². The van der Waals surface area contributed by atoms with Crippen molar-refractivity contribution in [3.05, 3.63) is 24.3 Å². The fourth-order valence-corrected chi connectivity index (χ4v) is 6.65. The van der Waals surface area contributed by atoms with Crippen LogP contribution >= 0.6 is 7.82 Å². The fourth-order valence-electron chi connectivity index (χ4n) is 5.92. The molecule has 0 spiro atoms. The number of carbonyl (C=O) groups is 2. The number of quaternary nitrogens is 1. The quantitative estimate of drug-likeness (QED) is 0.0198. The lowest BCUT2D eigenvalue weighted by molar-refractivity contribution is -0.870. The second-order valence-corrected chi connectivity index (χ2v) is 17.5. The Bertz CT molecular complexity index is 980. The van der Waals surface area contributed by atoms with Crippen LogP contribution in [0.4, 0.5) is 0 Å². The highest BCUT2D eigenvalue weighted by Crippen LogP contribution is 2.38. The van der Waals surface area contributed by atoms with Gasteiger partial charge in [0.05, 0.1) is 27.7 Å². The molecule has 2 atom stereocenters. The molecule has 0 fully saturated rings. The number of likely N-dealkylation sites (N-methyl/N-ethyl adjacent to an activating group) is 1. The van der Waals surface area contributed by atoms with Gasteiger partial charge in [0.2, 0.25) is 0 Å². The zero-order valence-corrected chi connectivity index (χ0v) is 36.6. The Kier molecular flexibility index (Phi) is 36.1. The summed E-state index contributed by atoms with van der Waals surface area (Å²) < 4.78 is 33.8. The molecule has 318 valence electrons. The van der Waals surface area contributed by atoms with Crippen molar-refractivity contribution in [3.8, 4) is 0 Å². The van der Waals surface area contributed by atoms with Crippen LogP contribution in [0, 0.1) is 0 Å². The average molecular weight is 786 g/mol. The van der Waals surface area contributed by atoms with Crippen LogP contribution in [-0.4, -0.2) is 70.0 Å². The molecule has 9 nitrogen and oxygen atoms in total. The Balaban J connectivity index is 4.31. The van der Waals surface area contributed by atoms with Crippen molar-refractivity contribution in [2.75, 3.05) is 47.5 Å². The van der Waals surface area contributed by atoms with Gasteiger partial charge in [-0.2, -0.15) is 0 Å². The van der Waals surface area contributed by atoms with E-state index in [9.17, 15) is 19.0 Å². The minimum absolute atomic E-state index is 0.0314. The molecule has 0 rings (SSSR count). The summed E-state index contributed by atoms with van der Waals surface area (Å²) in [4.78, 5) is 37.5. The van der Waals surface area contributed by atoms with Gasteiger partial charge in [-0.1, -0.05) is 147 Å². The predicted molar refractivity (Wildman–Crippen MR) is 222 cm³/mol. The number of unbranched alkanes of at least 4 members (excludes halogenated alkanes) is 22. The molecular formula is C44H84NO8P. The van der Waals surface area contributed by atoms with E-state index in [2.05, 4.69) is 38.2 Å². The van der Waals surface area contributed by atoms with Gasteiger partial charge in [-0.3, -0.25) is 14.2 Å². The molecule has 1 unspecified atom stereocenters. The van der Waals surface area contributed by atoms with E-state index in [-0.39, 0.29) is 26.1 Å². The molecule has 0 aliphatic rings. The molecular weight excluding hydrogens is 701 g/mol. The smallest absolute Gasteiger partial charge is 0.306 e. The van der Waals surface area contributed by atoms with Gasteiger partial charge in [-0.15, -0.1) is 0 Å². The third kappa shape index (κ3) is 40.2. The van der Waals surface area contributed by atoms with E-state index in [1.807, 2.05) is 21.1 Å². The van der Waals surface area contributed by atoms with Crippen LogP contribution in [0.2, 0.25) is 0 Å². The topological polar surface area (TPSA) is 111 Å². The summed E-state index contributed by atoms with van der Waals surface area (Å²) in [6, 6.07) is 0. The predicted octanol–water partition coefficient (Wildman–Crippen LogP) is 11.7. The van der Waals surface area contributed by atoms with Gasteiger partial charge in [0.1, 0.15) is 19.8 Å². The summed E-state index contributed by atoms with van der Waals surface area (Å²) >= 11 is 0. The molecule has 0 saturated carbocycles. The van der Waals surface area contributed by atoms with Crippen molar-refractivity contribution in [2.45, 2.75) is 200 Å².